The molecular weight excluding hydrogens is 375 g/mol. The topological polar surface area (TPSA) is 74.0 Å². The molecule has 1 amide bonds. The predicted octanol–water partition coefficient (Wildman–Crippen LogP) is 3.35. The van der Waals surface area contributed by atoms with Crippen LogP contribution in [0.4, 0.5) is 4.39 Å². The first-order valence-electron chi connectivity index (χ1n) is 9.28. The summed E-state index contributed by atoms with van der Waals surface area (Å²) in [5.74, 6) is -1.62. The van der Waals surface area contributed by atoms with Gasteiger partial charge in [-0.15, -0.1) is 0 Å². The lowest BCUT2D eigenvalue weighted by molar-refractivity contribution is -0.129. The van der Waals surface area contributed by atoms with Gasteiger partial charge in [0.15, 0.2) is 11.5 Å². The van der Waals surface area contributed by atoms with Crippen LogP contribution in [0.15, 0.2) is 64.5 Å². The van der Waals surface area contributed by atoms with Gasteiger partial charge in [-0.25, -0.2) is 4.39 Å². The van der Waals surface area contributed by atoms with E-state index in [-0.39, 0.29) is 5.57 Å². The van der Waals surface area contributed by atoms with Crippen molar-refractivity contribution in [3.63, 3.8) is 0 Å². The second-order valence-corrected chi connectivity index (χ2v) is 7.08. The molecule has 7 heteroatoms. The monoisotopic (exact) mass is 398 g/mol. The van der Waals surface area contributed by atoms with Crippen LogP contribution in [-0.2, 0) is 9.59 Å². The molecule has 1 N–H and O–H groups in total. The van der Waals surface area contributed by atoms with Crippen LogP contribution in [0.1, 0.15) is 23.8 Å². The van der Waals surface area contributed by atoms with Crippen molar-refractivity contribution >= 4 is 17.8 Å². The van der Waals surface area contributed by atoms with E-state index in [1.165, 1.54) is 47.6 Å². The van der Waals surface area contributed by atoms with E-state index in [1.807, 2.05) is 19.0 Å². The molecule has 152 valence electrons. The summed E-state index contributed by atoms with van der Waals surface area (Å²) < 4.78 is 18.6. The van der Waals surface area contributed by atoms with Crippen LogP contribution in [0.2, 0.25) is 0 Å². The average Bonchev–Trinajstić information content (AvgIpc) is 3.29. The summed E-state index contributed by atoms with van der Waals surface area (Å²) in [6.45, 7) is 1.09. The van der Waals surface area contributed by atoms with Crippen molar-refractivity contribution in [3.05, 3.63) is 77.2 Å². The van der Waals surface area contributed by atoms with E-state index in [2.05, 4.69) is 0 Å². The molecule has 0 saturated carbocycles. The maximum atomic E-state index is 13.4. The van der Waals surface area contributed by atoms with Crippen LogP contribution >= 0.6 is 0 Å². The summed E-state index contributed by atoms with van der Waals surface area (Å²) in [4.78, 5) is 29.0. The third-order valence-corrected chi connectivity index (χ3v) is 4.70. The Morgan fingerprint density at radius 1 is 1.28 bits per heavy atom. The van der Waals surface area contributed by atoms with Crippen molar-refractivity contribution < 1.29 is 23.5 Å². The molecule has 3 rings (SSSR count). The molecule has 0 fully saturated rings. The number of allylic oxidation sites excluding steroid dienone is 1. The Balaban J connectivity index is 1.93. The number of nitrogens with zero attached hydrogens (tertiary/aromatic N) is 2. The van der Waals surface area contributed by atoms with Crippen LogP contribution in [0.25, 0.3) is 6.08 Å². The van der Waals surface area contributed by atoms with E-state index in [0.717, 1.165) is 6.54 Å². The summed E-state index contributed by atoms with van der Waals surface area (Å²) in [6.07, 6.45) is 4.88. The van der Waals surface area contributed by atoms with Crippen LogP contribution < -0.4 is 0 Å². The number of halogens is 1. The molecule has 2 aromatic rings. The van der Waals surface area contributed by atoms with E-state index in [0.29, 0.717) is 24.3 Å². The van der Waals surface area contributed by atoms with E-state index < -0.39 is 29.3 Å². The molecule has 1 aliphatic rings. The van der Waals surface area contributed by atoms with Crippen molar-refractivity contribution in [2.45, 2.75) is 12.5 Å². The van der Waals surface area contributed by atoms with E-state index in [1.54, 1.807) is 12.1 Å². The highest BCUT2D eigenvalue weighted by Crippen LogP contribution is 2.38. The fourth-order valence-electron chi connectivity index (χ4n) is 3.32. The van der Waals surface area contributed by atoms with Crippen molar-refractivity contribution in [1.29, 1.82) is 0 Å². The number of hydrogen-bond donors (Lipinski definition) is 1. The molecule has 6 nitrogen and oxygen atoms in total. The van der Waals surface area contributed by atoms with Crippen LogP contribution in [0.5, 0.6) is 0 Å². The van der Waals surface area contributed by atoms with Gasteiger partial charge in [0.1, 0.15) is 11.6 Å². The number of carbonyl (C=O) groups excluding carboxylic acids is 2. The Kier molecular flexibility index (Phi) is 6.29. The number of carbonyl (C=O) groups is 2. The lowest BCUT2D eigenvalue weighted by Crippen LogP contribution is -2.33. The van der Waals surface area contributed by atoms with Crippen molar-refractivity contribution in [3.8, 4) is 0 Å². The minimum absolute atomic E-state index is 0.0192. The van der Waals surface area contributed by atoms with Crippen LogP contribution in [-0.4, -0.2) is 53.8 Å². The molecular formula is C22H23FN2O4. The SMILES string of the molecule is CN(C)CCCN1C(=O)C(O)=C(C(=O)/C=C/c2ccco2)C1c1ccc(F)cc1. The molecule has 2 heterocycles. The second-order valence-electron chi connectivity index (χ2n) is 7.08. The van der Waals surface area contributed by atoms with Gasteiger partial charge in [0, 0.05) is 6.54 Å². The Hall–Kier alpha value is -3.19. The van der Waals surface area contributed by atoms with Crippen molar-refractivity contribution in [1.82, 2.24) is 9.80 Å². The summed E-state index contributed by atoms with van der Waals surface area (Å²) in [6, 6.07) is 8.18. The van der Waals surface area contributed by atoms with Gasteiger partial charge in [0.25, 0.3) is 5.91 Å². The molecule has 1 aliphatic heterocycles. The number of hydrogen-bond acceptors (Lipinski definition) is 5. The maximum Gasteiger partial charge on any atom is 0.290 e. The van der Waals surface area contributed by atoms with Gasteiger partial charge in [0.05, 0.1) is 17.9 Å². The number of furan rings is 1. The Bertz CT molecular complexity index is 930. The van der Waals surface area contributed by atoms with Crippen LogP contribution in [0, 0.1) is 5.82 Å². The van der Waals surface area contributed by atoms with Gasteiger partial charge in [0.2, 0.25) is 0 Å². The highest BCUT2D eigenvalue weighted by molar-refractivity contribution is 6.14. The highest BCUT2D eigenvalue weighted by Gasteiger charge is 2.42. The third-order valence-electron chi connectivity index (χ3n) is 4.70. The first-order chi connectivity index (χ1) is 13.9. The predicted molar refractivity (Wildman–Crippen MR) is 106 cm³/mol. The molecule has 1 unspecified atom stereocenters. The molecule has 1 atom stereocenters. The third kappa shape index (κ3) is 4.63. The average molecular weight is 398 g/mol. The highest BCUT2D eigenvalue weighted by atomic mass is 19.1. The Morgan fingerprint density at radius 2 is 2.00 bits per heavy atom. The lowest BCUT2D eigenvalue weighted by Gasteiger charge is -2.27. The Labute approximate surface area is 168 Å². The molecule has 1 aromatic carbocycles. The van der Waals surface area contributed by atoms with Crippen molar-refractivity contribution in [2.75, 3.05) is 27.2 Å². The molecule has 0 aliphatic carbocycles. The van der Waals surface area contributed by atoms with Crippen molar-refractivity contribution in [2.24, 2.45) is 0 Å². The minimum atomic E-state index is -0.779. The molecule has 0 spiro atoms. The smallest absolute Gasteiger partial charge is 0.290 e. The van der Waals surface area contributed by atoms with Crippen LogP contribution in [0.3, 0.4) is 0 Å². The van der Waals surface area contributed by atoms with E-state index in [4.69, 9.17) is 4.42 Å². The van der Waals surface area contributed by atoms with Gasteiger partial charge in [-0.2, -0.15) is 0 Å². The first-order valence-corrected chi connectivity index (χ1v) is 9.28. The number of rotatable bonds is 8. The zero-order valence-electron chi connectivity index (χ0n) is 16.3. The van der Waals surface area contributed by atoms with E-state index >= 15 is 0 Å². The summed E-state index contributed by atoms with van der Waals surface area (Å²) >= 11 is 0. The number of amides is 1. The van der Waals surface area contributed by atoms with Gasteiger partial charge in [-0.1, -0.05) is 12.1 Å². The lowest BCUT2D eigenvalue weighted by atomic mass is 9.95. The quantitative estimate of drug-likeness (QED) is 0.691. The fraction of sp³-hybridized carbons (Fsp3) is 0.273. The summed E-state index contributed by atoms with van der Waals surface area (Å²) in [5, 5.41) is 10.5. The van der Waals surface area contributed by atoms with Gasteiger partial charge >= 0.3 is 0 Å². The maximum absolute atomic E-state index is 13.4. The summed E-state index contributed by atoms with van der Waals surface area (Å²) in [7, 11) is 3.85. The number of aliphatic hydroxyl groups excluding tert-OH is 1. The van der Waals surface area contributed by atoms with E-state index in [9.17, 15) is 19.1 Å². The number of aliphatic hydroxyl groups is 1. The molecule has 29 heavy (non-hydrogen) atoms. The Morgan fingerprint density at radius 3 is 2.62 bits per heavy atom. The second kappa shape index (κ2) is 8.87. The minimum Gasteiger partial charge on any atom is -0.503 e. The number of benzene rings is 1. The van der Waals surface area contributed by atoms with Gasteiger partial charge in [-0.05, 0) is 69.0 Å². The number of ketones is 1. The molecule has 0 saturated heterocycles. The molecule has 0 radical (unpaired) electrons. The molecule has 1 aromatic heterocycles. The normalized spacial score (nSPS) is 17.2. The zero-order valence-corrected chi connectivity index (χ0v) is 16.3. The standard InChI is InChI=1S/C22H23FN2O4/c1-24(2)12-4-13-25-20(15-6-8-16(23)9-7-15)19(21(27)22(25)28)18(26)11-10-17-5-3-14-29-17/h3,5-11,14,20,27H,4,12-13H2,1-2H3/b11-10+. The molecule has 0 bridgehead atoms. The largest absolute Gasteiger partial charge is 0.503 e. The van der Waals surface area contributed by atoms with Gasteiger partial charge < -0.3 is 19.3 Å². The zero-order chi connectivity index (χ0) is 21.0. The first kappa shape index (κ1) is 20.5. The fourth-order valence-corrected chi connectivity index (χ4v) is 3.32. The summed E-state index contributed by atoms with van der Waals surface area (Å²) in [5.41, 5.74) is 0.540. The van der Waals surface area contributed by atoms with Gasteiger partial charge in [-0.3, -0.25) is 9.59 Å².